The molecule has 5 aliphatic rings. The molecule has 0 aliphatic heterocycles. The number of unbranched alkanes of at least 4 members (excludes halogenated alkanes) is 6. The Morgan fingerprint density at radius 3 is 1.82 bits per heavy atom. The van der Waals surface area contributed by atoms with Crippen LogP contribution in [0.3, 0.4) is 0 Å². The zero-order chi connectivity index (χ0) is 19.3. The summed E-state index contributed by atoms with van der Waals surface area (Å²) in [5.74, 6) is 9.55. The van der Waals surface area contributed by atoms with Crippen molar-refractivity contribution in [2.24, 2.45) is 59.2 Å². The van der Waals surface area contributed by atoms with E-state index in [0.717, 1.165) is 53.8 Å². The van der Waals surface area contributed by atoms with Crippen LogP contribution >= 0.6 is 0 Å². The number of carbonyl (C=O) groups is 1. The Balaban J connectivity index is 0.932. The Labute approximate surface area is 172 Å². The molecule has 0 aromatic carbocycles. The number of hydrogen-bond acceptors (Lipinski definition) is 2. The molecule has 5 rings (SSSR count). The molecule has 5 fully saturated rings. The average Bonchev–Trinajstić information content (AvgIpc) is 3.47. The van der Waals surface area contributed by atoms with Gasteiger partial charge in [0.2, 0.25) is 0 Å². The van der Waals surface area contributed by atoms with Crippen molar-refractivity contribution >= 4 is 5.97 Å². The third kappa shape index (κ3) is 4.17. The van der Waals surface area contributed by atoms with Gasteiger partial charge in [0.25, 0.3) is 0 Å². The van der Waals surface area contributed by atoms with Crippen molar-refractivity contribution in [1.29, 1.82) is 0 Å². The topological polar surface area (TPSA) is 26.3 Å². The second kappa shape index (κ2) is 7.95. The lowest BCUT2D eigenvalue weighted by Gasteiger charge is -2.02. The molecule has 5 aliphatic carbocycles. The molecule has 0 bridgehead atoms. The van der Waals surface area contributed by atoms with E-state index < -0.39 is 0 Å². The van der Waals surface area contributed by atoms with Crippen LogP contribution in [0, 0.1) is 59.2 Å². The predicted octanol–water partition coefficient (Wildman–Crippen LogP) is 6.48. The number of rotatable bonds is 13. The monoisotopic (exact) mass is 386 g/mol. The molecule has 0 aromatic rings. The molecule has 158 valence electrons. The summed E-state index contributed by atoms with van der Waals surface area (Å²) in [4.78, 5) is 11.7. The van der Waals surface area contributed by atoms with Crippen molar-refractivity contribution in [3.8, 4) is 0 Å². The zero-order valence-electron chi connectivity index (χ0n) is 18.3. The second-order valence-electron chi connectivity index (χ2n) is 11.3. The highest BCUT2D eigenvalue weighted by Crippen LogP contribution is 2.72. The maximum atomic E-state index is 11.7. The maximum Gasteiger partial charge on any atom is 0.308 e. The normalized spacial score (nSPS) is 47.5. The molecule has 0 aromatic heterocycles. The van der Waals surface area contributed by atoms with Crippen LogP contribution < -0.4 is 0 Å². The fourth-order valence-corrected chi connectivity index (χ4v) is 7.26. The molecule has 0 radical (unpaired) electrons. The highest BCUT2D eigenvalue weighted by atomic mass is 16.5. The largest absolute Gasteiger partial charge is 0.469 e. The SMILES string of the molecule is CCCCCCCCCC1CC1C1CC1C1CC1C1CC1C1CC1C(=O)OC. The van der Waals surface area contributed by atoms with Crippen LogP contribution in [0.4, 0.5) is 0 Å². The van der Waals surface area contributed by atoms with Crippen molar-refractivity contribution < 1.29 is 9.53 Å². The van der Waals surface area contributed by atoms with Gasteiger partial charge in [0.05, 0.1) is 13.0 Å². The number of ether oxygens (including phenoxy) is 1. The van der Waals surface area contributed by atoms with Gasteiger partial charge in [-0.15, -0.1) is 0 Å². The van der Waals surface area contributed by atoms with Gasteiger partial charge in [-0.1, -0.05) is 58.3 Å². The highest BCUT2D eigenvalue weighted by molar-refractivity contribution is 5.75. The number of esters is 1. The van der Waals surface area contributed by atoms with E-state index in [2.05, 4.69) is 6.92 Å². The van der Waals surface area contributed by atoms with Gasteiger partial charge in [0, 0.05) is 0 Å². The van der Waals surface area contributed by atoms with E-state index >= 15 is 0 Å². The summed E-state index contributed by atoms with van der Waals surface area (Å²) in [6.07, 6.45) is 19.0. The molecule has 0 saturated heterocycles. The molecular weight excluding hydrogens is 344 g/mol. The third-order valence-electron chi connectivity index (χ3n) is 9.37. The predicted molar refractivity (Wildman–Crippen MR) is 113 cm³/mol. The number of carbonyl (C=O) groups excluding carboxylic acids is 1. The van der Waals surface area contributed by atoms with Crippen LogP contribution in [0.2, 0.25) is 0 Å². The zero-order valence-corrected chi connectivity index (χ0v) is 18.3. The Kier molecular flexibility index (Phi) is 5.52. The Hall–Kier alpha value is -0.530. The minimum absolute atomic E-state index is 0.0611. The summed E-state index contributed by atoms with van der Waals surface area (Å²) in [7, 11) is 1.55. The van der Waals surface area contributed by atoms with Gasteiger partial charge in [-0.3, -0.25) is 4.79 Å². The van der Waals surface area contributed by atoms with Gasteiger partial charge in [0.15, 0.2) is 0 Å². The van der Waals surface area contributed by atoms with Gasteiger partial charge < -0.3 is 4.74 Å². The number of methoxy groups -OCH3 is 1. The smallest absolute Gasteiger partial charge is 0.308 e. The average molecular weight is 387 g/mol. The van der Waals surface area contributed by atoms with Crippen LogP contribution in [-0.2, 0) is 9.53 Å². The minimum Gasteiger partial charge on any atom is -0.469 e. The Bertz CT molecular complexity index is 571. The van der Waals surface area contributed by atoms with Gasteiger partial charge in [0.1, 0.15) is 0 Å². The van der Waals surface area contributed by atoms with E-state index in [-0.39, 0.29) is 11.9 Å². The Morgan fingerprint density at radius 1 is 0.679 bits per heavy atom. The van der Waals surface area contributed by atoms with Crippen molar-refractivity contribution in [2.45, 2.75) is 90.4 Å². The molecule has 0 heterocycles. The molecule has 10 atom stereocenters. The lowest BCUT2D eigenvalue weighted by molar-refractivity contribution is -0.142. The highest BCUT2D eigenvalue weighted by Gasteiger charge is 2.66. The van der Waals surface area contributed by atoms with E-state index in [1.165, 1.54) is 64.2 Å². The van der Waals surface area contributed by atoms with Gasteiger partial charge in [-0.25, -0.2) is 0 Å². The van der Waals surface area contributed by atoms with E-state index in [4.69, 9.17) is 4.74 Å². The van der Waals surface area contributed by atoms with E-state index in [9.17, 15) is 4.79 Å². The fraction of sp³-hybridized carbons (Fsp3) is 0.962. The quantitative estimate of drug-likeness (QED) is 0.267. The molecule has 28 heavy (non-hydrogen) atoms. The van der Waals surface area contributed by atoms with Crippen LogP contribution in [0.5, 0.6) is 0 Å². The number of hydrogen-bond donors (Lipinski definition) is 0. The summed E-state index contributed by atoms with van der Waals surface area (Å²) in [5, 5.41) is 0. The van der Waals surface area contributed by atoms with Crippen LogP contribution in [0.1, 0.15) is 90.4 Å². The molecular formula is C26H42O2. The summed E-state index contributed by atoms with van der Waals surface area (Å²) in [6, 6.07) is 0. The molecule has 2 nitrogen and oxygen atoms in total. The van der Waals surface area contributed by atoms with E-state index in [1.54, 1.807) is 20.0 Å². The molecule has 0 N–H and O–H groups in total. The molecule has 0 spiro atoms. The van der Waals surface area contributed by atoms with E-state index in [1.807, 2.05) is 0 Å². The summed E-state index contributed by atoms with van der Waals surface area (Å²) in [6.45, 7) is 2.30. The first-order valence-corrected chi connectivity index (χ1v) is 12.8. The standard InChI is InChI=1S/C26H42O2/c1-3-4-5-6-7-8-9-10-16-11-17(16)18-12-19(18)20-13-21(20)22-14-23(22)24-15-25(24)26(27)28-2/h16-25H,3-15H2,1-2H3. The first-order valence-electron chi connectivity index (χ1n) is 12.8. The summed E-state index contributed by atoms with van der Waals surface area (Å²) >= 11 is 0. The molecule has 0 amide bonds. The lowest BCUT2D eigenvalue weighted by atomic mass is 10.0. The lowest BCUT2D eigenvalue weighted by Crippen LogP contribution is -2.05. The summed E-state index contributed by atoms with van der Waals surface area (Å²) in [5.41, 5.74) is 0. The van der Waals surface area contributed by atoms with Gasteiger partial charge >= 0.3 is 5.97 Å². The van der Waals surface area contributed by atoms with Crippen molar-refractivity contribution in [2.75, 3.05) is 7.11 Å². The fourth-order valence-electron chi connectivity index (χ4n) is 7.26. The van der Waals surface area contributed by atoms with Crippen LogP contribution in [0.25, 0.3) is 0 Å². The first-order chi connectivity index (χ1) is 13.7. The molecule has 2 heteroatoms. The minimum atomic E-state index is 0.0611. The third-order valence-corrected chi connectivity index (χ3v) is 9.37. The van der Waals surface area contributed by atoms with Crippen molar-refractivity contribution in [3.05, 3.63) is 0 Å². The van der Waals surface area contributed by atoms with Crippen molar-refractivity contribution in [3.63, 3.8) is 0 Å². The van der Waals surface area contributed by atoms with Crippen LogP contribution in [-0.4, -0.2) is 13.1 Å². The molecule has 5 saturated carbocycles. The first kappa shape index (κ1) is 19.4. The van der Waals surface area contributed by atoms with E-state index in [0.29, 0.717) is 5.92 Å². The van der Waals surface area contributed by atoms with Gasteiger partial charge in [-0.2, -0.15) is 0 Å². The van der Waals surface area contributed by atoms with Gasteiger partial charge in [-0.05, 0) is 85.4 Å². The van der Waals surface area contributed by atoms with Crippen LogP contribution in [0.15, 0.2) is 0 Å². The Morgan fingerprint density at radius 2 is 1.21 bits per heavy atom. The second-order valence-corrected chi connectivity index (χ2v) is 11.3. The maximum absolute atomic E-state index is 11.7. The molecule has 10 unspecified atom stereocenters. The van der Waals surface area contributed by atoms with Crippen molar-refractivity contribution in [1.82, 2.24) is 0 Å². The summed E-state index contributed by atoms with van der Waals surface area (Å²) < 4.78 is 4.94.